The number of hydrogen-bond donors (Lipinski definition) is 6. The molecule has 0 saturated carbocycles. The average molecular weight is 696 g/mol. The van der Waals surface area contributed by atoms with Gasteiger partial charge in [0.1, 0.15) is 76.4 Å². The Bertz CT molecular complexity index is 1060. The minimum absolute atomic E-state index is 0.937. The van der Waals surface area contributed by atoms with Gasteiger partial charge in [-0.15, -0.1) is 0 Å². The van der Waals surface area contributed by atoms with Gasteiger partial charge >= 0.3 is 0 Å². The highest BCUT2D eigenvalue weighted by molar-refractivity contribution is 4.71. The molecule has 0 aliphatic carbocycles. The van der Waals surface area contributed by atoms with E-state index in [1.807, 2.05) is 0 Å². The Labute approximate surface area is 294 Å². The summed E-state index contributed by atoms with van der Waals surface area (Å²) >= 11 is 0. The molecule has 0 fully saturated rings. The lowest BCUT2D eigenvalue weighted by Gasteiger charge is -2.19. The van der Waals surface area contributed by atoms with Crippen molar-refractivity contribution in [2.75, 3.05) is 118 Å². The van der Waals surface area contributed by atoms with Crippen molar-refractivity contribution in [3.63, 3.8) is 0 Å². The van der Waals surface area contributed by atoms with E-state index >= 15 is 0 Å². The summed E-state index contributed by atoms with van der Waals surface area (Å²) in [6.07, 6.45) is 20.0. The van der Waals surface area contributed by atoms with Crippen molar-refractivity contribution in [1.29, 1.82) is 0 Å². The summed E-state index contributed by atoms with van der Waals surface area (Å²) in [5, 5.41) is 0. The lowest BCUT2D eigenvalue weighted by molar-refractivity contribution is -0.705. The Balaban J connectivity index is 1.57. The third kappa shape index (κ3) is 16.2. The summed E-state index contributed by atoms with van der Waals surface area (Å²) in [5.74, 6) is 0. The molecule has 278 valence electrons. The molecule has 3 aromatic rings. The van der Waals surface area contributed by atoms with Gasteiger partial charge in [0.15, 0.2) is 0 Å². The van der Waals surface area contributed by atoms with Crippen molar-refractivity contribution in [2.24, 2.45) is 0 Å². The molecule has 49 heavy (non-hydrogen) atoms. The predicted molar refractivity (Wildman–Crippen MR) is 186 cm³/mol. The van der Waals surface area contributed by atoms with Crippen LogP contribution in [-0.4, -0.2) is 151 Å². The van der Waals surface area contributed by atoms with Crippen LogP contribution in [0.25, 0.3) is 0 Å². The molecule has 0 aromatic carbocycles. The van der Waals surface area contributed by atoms with E-state index in [-0.39, 0.29) is 0 Å². The van der Waals surface area contributed by atoms with Crippen molar-refractivity contribution in [3.05, 3.63) is 56.2 Å². The molecule has 0 saturated heterocycles. The van der Waals surface area contributed by atoms with Gasteiger partial charge in [-0.05, 0) is 0 Å². The van der Waals surface area contributed by atoms with Crippen LogP contribution in [0, 0.1) is 0 Å². The Hall–Kier alpha value is -2.77. The molecule has 0 amide bonds. The van der Waals surface area contributed by atoms with Crippen LogP contribution in [-0.2, 0) is 39.3 Å². The zero-order chi connectivity index (χ0) is 35.1. The Morgan fingerprint density at radius 2 is 0.592 bits per heavy atom. The average Bonchev–Trinajstić information content (AvgIpc) is 3.87. The van der Waals surface area contributed by atoms with Gasteiger partial charge in [0, 0.05) is 78.5 Å². The maximum atomic E-state index is 4.04. The molecule has 0 atom stereocenters. The Morgan fingerprint density at radius 3 is 0.837 bits per heavy atom. The minimum atomic E-state index is 0.937. The quantitative estimate of drug-likeness (QED) is 0.0376. The van der Waals surface area contributed by atoms with Crippen molar-refractivity contribution >= 4 is 0 Å². The zero-order valence-electron chi connectivity index (χ0n) is 30.9. The fourth-order valence-electron chi connectivity index (χ4n) is 6.33. The molecule has 3 rings (SSSR count). The van der Waals surface area contributed by atoms with Crippen LogP contribution in [0.15, 0.2) is 56.2 Å². The van der Waals surface area contributed by atoms with Gasteiger partial charge in [-0.1, -0.05) is 0 Å². The first-order valence-corrected chi connectivity index (χ1v) is 18.8. The van der Waals surface area contributed by atoms with Crippen LogP contribution in [0.2, 0.25) is 0 Å². The second kappa shape index (κ2) is 24.4. The number of hydrogen-bond acceptors (Lipinski definition) is 4. The highest BCUT2D eigenvalue weighted by atomic mass is 15.2. The number of imidazole rings is 3. The second-order valence-electron chi connectivity index (χ2n) is 13.2. The van der Waals surface area contributed by atoms with Crippen LogP contribution in [0.4, 0.5) is 0 Å². The molecule has 0 unspecified atom stereocenters. The van der Waals surface area contributed by atoms with Crippen LogP contribution < -0.4 is 48.1 Å². The summed E-state index contributed by atoms with van der Waals surface area (Å²) in [7, 11) is 0. The largest absolute Gasteiger partial charge is 0.357 e. The molecule has 3 aromatic heterocycles. The number of nitrogens with zero attached hydrogens (tertiary/aromatic N) is 10. The monoisotopic (exact) mass is 696 g/mol. The lowest BCUT2D eigenvalue weighted by atomic mass is 10.4. The van der Waals surface area contributed by atoms with Crippen LogP contribution >= 0.6 is 0 Å². The molecule has 0 spiro atoms. The van der Waals surface area contributed by atoms with Gasteiger partial charge < -0.3 is 34.4 Å². The Kier molecular flexibility index (Phi) is 20.2. The maximum Gasteiger partial charge on any atom is 0.243 e. The van der Waals surface area contributed by atoms with Gasteiger partial charge in [0.05, 0.1) is 39.3 Å². The molecule has 16 heteroatoms. The normalized spacial score (nSPS) is 12.1. The predicted octanol–water partition coefficient (Wildman–Crippen LogP) is -8.99. The first-order chi connectivity index (χ1) is 24.0. The first-order valence-electron chi connectivity index (χ1n) is 18.8. The third-order valence-electron chi connectivity index (χ3n) is 9.13. The molecule has 0 aliphatic rings. The first kappa shape index (κ1) is 40.7. The number of aromatic nitrogens is 6. The highest BCUT2D eigenvalue weighted by Gasteiger charge is 2.15. The molecule has 0 radical (unpaired) electrons. The molecule has 3 heterocycles. The zero-order valence-corrected chi connectivity index (χ0v) is 30.9. The van der Waals surface area contributed by atoms with Gasteiger partial charge in [-0.25, -0.2) is 27.4 Å². The highest BCUT2D eigenvalue weighted by Crippen LogP contribution is 1.96. The van der Waals surface area contributed by atoms with E-state index in [0.29, 0.717) is 0 Å². The molecule has 0 bridgehead atoms. The lowest BCUT2D eigenvalue weighted by Crippen LogP contribution is -2.59. The minimum Gasteiger partial charge on any atom is -0.357 e. The summed E-state index contributed by atoms with van der Waals surface area (Å²) < 4.78 is 13.9. The van der Waals surface area contributed by atoms with E-state index in [9.17, 15) is 0 Å². The molecular formula is C33H75N16+9. The fraction of sp³-hybridized carbons (Fsp3) is 0.727. The standard InChI is InChI=1S/C33H69N16/c34-1-7-40(8-2-35)13-19-44-25-28-47(31-44)22-16-43(17-23-48-29-26-45(32-48)20-14-41(9-3-36)10-4-37)18-24-49-30-27-46(33-49)21-15-42(11-5-38)12-6-39/h25-33H,1-24,34-39H2/q+3/p+6. The summed E-state index contributed by atoms with van der Waals surface area (Å²) in [6.45, 7) is 23.8. The van der Waals surface area contributed by atoms with Gasteiger partial charge in [-0.3, -0.25) is 19.6 Å². The van der Waals surface area contributed by atoms with Crippen molar-refractivity contribution in [1.82, 2.24) is 33.3 Å². The van der Waals surface area contributed by atoms with Crippen LogP contribution in [0.5, 0.6) is 0 Å². The number of quaternary nitrogens is 6. The molecule has 16 nitrogen and oxygen atoms in total. The fourth-order valence-corrected chi connectivity index (χ4v) is 6.33. The second-order valence-corrected chi connectivity index (χ2v) is 13.2. The van der Waals surface area contributed by atoms with Gasteiger partial charge in [0.25, 0.3) is 0 Å². The summed E-state index contributed by atoms with van der Waals surface area (Å²) in [4.78, 5) is 10.00. The van der Waals surface area contributed by atoms with E-state index in [2.05, 4.69) is 138 Å². The maximum absolute atomic E-state index is 4.04. The van der Waals surface area contributed by atoms with Crippen LogP contribution in [0.3, 0.4) is 0 Å². The molecular weight excluding hydrogens is 620 g/mol. The van der Waals surface area contributed by atoms with Crippen molar-refractivity contribution < 1.29 is 48.1 Å². The van der Waals surface area contributed by atoms with E-state index in [1.165, 1.54) is 0 Å². The number of rotatable bonds is 30. The van der Waals surface area contributed by atoms with Crippen molar-refractivity contribution in [3.8, 4) is 0 Å². The third-order valence-corrected chi connectivity index (χ3v) is 9.13. The van der Waals surface area contributed by atoms with E-state index < -0.39 is 0 Å². The van der Waals surface area contributed by atoms with Crippen LogP contribution in [0.1, 0.15) is 0 Å². The van der Waals surface area contributed by atoms with E-state index in [0.717, 1.165) is 157 Å². The van der Waals surface area contributed by atoms with E-state index in [4.69, 9.17) is 0 Å². The van der Waals surface area contributed by atoms with Crippen molar-refractivity contribution in [2.45, 2.75) is 39.3 Å². The van der Waals surface area contributed by atoms with Gasteiger partial charge in [0.2, 0.25) is 19.0 Å². The van der Waals surface area contributed by atoms with Gasteiger partial charge in [-0.2, -0.15) is 0 Å². The summed E-state index contributed by atoms with van der Waals surface area (Å²) in [6, 6.07) is 0. The molecule has 18 N–H and O–H groups in total. The topological polar surface area (TPSA) is 205 Å². The SMILES string of the molecule is [NH3+]CCN(CC[NH3+])CCn1cc[n+](CCN(CC[n+]2ccn(CCN(CC[NH3+])CC[NH3+])c2)CC[n+]2ccn(CCN(CC[NH3+])CC[NH3+])c2)c1. The smallest absolute Gasteiger partial charge is 0.243 e. The summed E-state index contributed by atoms with van der Waals surface area (Å²) in [5.41, 5.74) is 24.2. The van der Waals surface area contributed by atoms with E-state index in [1.54, 1.807) is 0 Å². The Morgan fingerprint density at radius 1 is 0.347 bits per heavy atom. The molecule has 0 aliphatic heterocycles.